The van der Waals surface area contributed by atoms with E-state index in [4.69, 9.17) is 18.8 Å². The summed E-state index contributed by atoms with van der Waals surface area (Å²) in [5.74, 6) is 1.24. The topological polar surface area (TPSA) is 36.9 Å². The van der Waals surface area contributed by atoms with Gasteiger partial charge in [-0.25, -0.2) is 0 Å². The van der Waals surface area contributed by atoms with Crippen LogP contribution in [0, 0.1) is 0 Å². The monoisotopic (exact) mass is 360 g/mol. The molecular weight excluding hydrogens is 327 g/mol. The van der Waals surface area contributed by atoms with Crippen LogP contribution >= 0.6 is 0 Å². The van der Waals surface area contributed by atoms with Gasteiger partial charge in [-0.15, -0.1) is 0 Å². The highest BCUT2D eigenvalue weighted by Gasteiger charge is 2.52. The molecule has 0 radical (unpaired) electrons. The summed E-state index contributed by atoms with van der Waals surface area (Å²) in [6.07, 6.45) is 5.25. The van der Waals surface area contributed by atoms with E-state index in [-0.39, 0.29) is 24.6 Å². The van der Waals surface area contributed by atoms with Gasteiger partial charge in [-0.2, -0.15) is 0 Å². The summed E-state index contributed by atoms with van der Waals surface area (Å²) in [6.45, 7) is 11.4. The highest BCUT2D eigenvalue weighted by molar-refractivity contribution is 6.47. The van der Waals surface area contributed by atoms with Gasteiger partial charge < -0.3 is 18.8 Å². The van der Waals surface area contributed by atoms with E-state index in [0.29, 0.717) is 5.82 Å². The Morgan fingerprint density at radius 2 is 1.73 bits per heavy atom. The molecule has 2 heterocycles. The average Bonchev–Trinajstić information content (AvgIpc) is 2.83. The highest BCUT2D eigenvalue weighted by atomic mass is 16.7. The fourth-order valence-electron chi connectivity index (χ4n) is 3.34. The van der Waals surface area contributed by atoms with Crippen LogP contribution in [0.1, 0.15) is 65.9 Å². The van der Waals surface area contributed by atoms with Gasteiger partial charge in [-0.1, -0.05) is 19.1 Å². The van der Waals surface area contributed by atoms with Crippen molar-refractivity contribution in [2.45, 2.75) is 90.0 Å². The predicted octanol–water partition coefficient (Wildman–Crippen LogP) is 5.01. The molecule has 3 rings (SSSR count). The molecule has 2 aliphatic heterocycles. The van der Waals surface area contributed by atoms with Crippen LogP contribution in [0.4, 0.5) is 0 Å². The minimum absolute atomic E-state index is 0.0852. The van der Waals surface area contributed by atoms with E-state index in [0.717, 1.165) is 38.0 Å². The zero-order valence-corrected chi connectivity index (χ0v) is 16.9. The molecule has 0 aliphatic carbocycles. The second kappa shape index (κ2) is 7.91. The first-order chi connectivity index (χ1) is 12.3. The average molecular weight is 360 g/mol. The third-order valence-electron chi connectivity index (χ3n) is 5.95. The van der Waals surface area contributed by atoms with Gasteiger partial charge in [0.15, 0.2) is 6.29 Å². The Kier molecular flexibility index (Phi) is 6.00. The van der Waals surface area contributed by atoms with Gasteiger partial charge >= 0.3 is 7.12 Å². The lowest BCUT2D eigenvalue weighted by Gasteiger charge is -2.32. The van der Waals surface area contributed by atoms with Crippen molar-refractivity contribution in [2.24, 2.45) is 0 Å². The molecule has 0 bridgehead atoms. The summed E-state index contributed by atoms with van der Waals surface area (Å²) in [5.41, 5.74) is 0.795. The summed E-state index contributed by atoms with van der Waals surface area (Å²) in [7, 11) is -0.133. The van der Waals surface area contributed by atoms with Crippen LogP contribution in [0.2, 0.25) is 5.82 Å². The van der Waals surface area contributed by atoms with Crippen LogP contribution in [0.5, 0.6) is 5.75 Å². The summed E-state index contributed by atoms with van der Waals surface area (Å²) in [6, 6.07) is 8.39. The lowest BCUT2D eigenvalue weighted by molar-refractivity contribution is -0.105. The zero-order valence-electron chi connectivity index (χ0n) is 16.9. The molecule has 2 atom stereocenters. The molecule has 0 aromatic heterocycles. The minimum atomic E-state index is -0.258. The number of ether oxygens (including phenoxy) is 2. The normalized spacial score (nSPS) is 25.9. The maximum Gasteiger partial charge on any atom is 0.460 e. The van der Waals surface area contributed by atoms with E-state index in [1.54, 1.807) is 0 Å². The molecule has 0 spiro atoms. The van der Waals surface area contributed by atoms with Crippen molar-refractivity contribution in [3.8, 4) is 5.75 Å². The van der Waals surface area contributed by atoms with Crippen molar-refractivity contribution in [2.75, 3.05) is 6.61 Å². The maximum atomic E-state index is 6.16. The number of rotatable bonds is 6. The van der Waals surface area contributed by atoms with Gasteiger partial charge in [0.25, 0.3) is 0 Å². The molecule has 0 N–H and O–H groups in total. The quantitative estimate of drug-likeness (QED) is 0.669. The molecule has 2 fully saturated rings. The van der Waals surface area contributed by atoms with Crippen molar-refractivity contribution in [3.05, 3.63) is 29.8 Å². The van der Waals surface area contributed by atoms with Crippen LogP contribution in [0.3, 0.4) is 0 Å². The Bertz CT molecular complexity index is 562. The van der Waals surface area contributed by atoms with Crippen molar-refractivity contribution in [1.29, 1.82) is 0 Å². The molecule has 144 valence electrons. The van der Waals surface area contributed by atoms with Gasteiger partial charge in [0.1, 0.15) is 5.75 Å². The second-order valence-electron chi connectivity index (χ2n) is 8.70. The first-order valence-electron chi connectivity index (χ1n) is 10.00. The molecule has 2 saturated heterocycles. The standard InChI is InChI=1S/C21H33BO4/c1-16(22-25-20(2,3)21(4,5)26-22)9-10-17-11-13-18(14-12-17)24-19-8-6-7-15-23-19/h11-14,16,19H,6-10,15H2,1-5H3/t16?,19-/m0/s1. The predicted molar refractivity (Wildman–Crippen MR) is 104 cm³/mol. The smallest absolute Gasteiger partial charge is 0.460 e. The van der Waals surface area contributed by atoms with Gasteiger partial charge in [0, 0.05) is 6.42 Å². The lowest BCUT2D eigenvalue weighted by Crippen LogP contribution is -2.41. The SMILES string of the molecule is CC(CCc1ccc(O[C@H]2CCCCO2)cc1)B1OC(C)(C)C(C)(C)O1. The Morgan fingerprint density at radius 3 is 2.31 bits per heavy atom. The molecule has 1 aromatic rings. The molecular formula is C21H33BO4. The van der Waals surface area contributed by atoms with Gasteiger partial charge in [-0.05, 0) is 76.9 Å². The first kappa shape index (κ1) is 19.7. The molecule has 26 heavy (non-hydrogen) atoms. The number of hydrogen-bond acceptors (Lipinski definition) is 4. The highest BCUT2D eigenvalue weighted by Crippen LogP contribution is 2.40. The van der Waals surface area contributed by atoms with Crippen LogP contribution in [-0.4, -0.2) is 31.2 Å². The molecule has 0 amide bonds. The van der Waals surface area contributed by atoms with Crippen molar-refractivity contribution in [1.82, 2.24) is 0 Å². The number of benzene rings is 1. The zero-order chi connectivity index (χ0) is 18.8. The molecule has 1 aromatic carbocycles. The summed E-state index contributed by atoms with van der Waals surface area (Å²) in [4.78, 5) is 0. The molecule has 2 aliphatic rings. The van der Waals surface area contributed by atoms with E-state index < -0.39 is 0 Å². The summed E-state index contributed by atoms with van der Waals surface area (Å²) < 4.78 is 23.9. The molecule has 5 heteroatoms. The number of hydrogen-bond donors (Lipinski definition) is 0. The fourth-order valence-corrected chi connectivity index (χ4v) is 3.34. The Labute approximate surface area is 158 Å². The Morgan fingerprint density at radius 1 is 1.08 bits per heavy atom. The second-order valence-corrected chi connectivity index (χ2v) is 8.70. The molecule has 0 saturated carbocycles. The first-order valence-corrected chi connectivity index (χ1v) is 10.00. The van der Waals surface area contributed by atoms with Crippen molar-refractivity contribution >= 4 is 7.12 Å². The minimum Gasteiger partial charge on any atom is -0.465 e. The number of aryl methyl sites for hydroxylation is 1. The van der Waals surface area contributed by atoms with Gasteiger partial charge in [0.2, 0.25) is 0 Å². The Hall–Kier alpha value is -1.04. The third kappa shape index (κ3) is 4.62. The molecule has 1 unspecified atom stereocenters. The van der Waals surface area contributed by atoms with Crippen LogP contribution in [-0.2, 0) is 20.5 Å². The third-order valence-corrected chi connectivity index (χ3v) is 5.95. The van der Waals surface area contributed by atoms with E-state index >= 15 is 0 Å². The summed E-state index contributed by atoms with van der Waals surface area (Å²) >= 11 is 0. The summed E-state index contributed by atoms with van der Waals surface area (Å²) in [5, 5.41) is 0. The van der Waals surface area contributed by atoms with Crippen LogP contribution < -0.4 is 4.74 Å². The largest absolute Gasteiger partial charge is 0.465 e. The van der Waals surface area contributed by atoms with Gasteiger partial charge in [0.05, 0.1) is 17.8 Å². The van der Waals surface area contributed by atoms with E-state index in [1.165, 1.54) is 12.0 Å². The Balaban J connectivity index is 1.47. The lowest BCUT2D eigenvalue weighted by atomic mass is 9.70. The van der Waals surface area contributed by atoms with Crippen molar-refractivity contribution < 1.29 is 18.8 Å². The van der Waals surface area contributed by atoms with Crippen LogP contribution in [0.25, 0.3) is 0 Å². The van der Waals surface area contributed by atoms with Gasteiger partial charge in [-0.3, -0.25) is 0 Å². The molecule has 4 nitrogen and oxygen atoms in total. The van der Waals surface area contributed by atoms with Crippen LogP contribution in [0.15, 0.2) is 24.3 Å². The maximum absolute atomic E-state index is 6.16. The van der Waals surface area contributed by atoms with E-state index in [9.17, 15) is 0 Å². The van der Waals surface area contributed by atoms with E-state index in [2.05, 4.69) is 46.8 Å². The fraction of sp³-hybridized carbons (Fsp3) is 0.714. The van der Waals surface area contributed by atoms with Crippen molar-refractivity contribution in [3.63, 3.8) is 0 Å². The van der Waals surface area contributed by atoms with E-state index in [1.807, 2.05) is 12.1 Å².